The second-order valence-electron chi connectivity index (χ2n) is 4.58. The van der Waals surface area contributed by atoms with Crippen molar-refractivity contribution in [1.82, 2.24) is 5.32 Å². The molecule has 0 aliphatic carbocycles. The topological polar surface area (TPSA) is 21.3 Å². The molecule has 0 radical (unpaired) electrons. The molecule has 1 aromatic carbocycles. The maximum absolute atomic E-state index is 13.4. The minimum absolute atomic E-state index is 0.230. The van der Waals surface area contributed by atoms with Gasteiger partial charge in [-0.1, -0.05) is 0 Å². The fourth-order valence-electron chi connectivity index (χ4n) is 2.21. The Morgan fingerprint density at radius 3 is 2.44 bits per heavy atom. The Balaban J connectivity index is 2.10. The standard InChI is InChI=1S/C13H16F3NO/c1-8(9-4-6-17-7-5-9)18-13-11(15)3-2-10(14)12(13)16/h2-3,8-9,17H,4-7H2,1H3. The van der Waals surface area contributed by atoms with Gasteiger partial charge in [0.15, 0.2) is 17.4 Å². The Labute approximate surface area is 104 Å². The molecule has 1 saturated heterocycles. The van der Waals surface area contributed by atoms with Gasteiger partial charge in [-0.15, -0.1) is 0 Å². The first-order valence-corrected chi connectivity index (χ1v) is 6.10. The molecule has 0 saturated carbocycles. The summed E-state index contributed by atoms with van der Waals surface area (Å²) in [7, 11) is 0. The molecule has 0 amide bonds. The van der Waals surface area contributed by atoms with Crippen LogP contribution < -0.4 is 10.1 Å². The summed E-state index contributed by atoms with van der Waals surface area (Å²) in [6, 6.07) is 1.63. The van der Waals surface area contributed by atoms with Crippen LogP contribution in [0, 0.1) is 23.4 Å². The maximum Gasteiger partial charge on any atom is 0.203 e. The molecule has 1 aliphatic rings. The lowest BCUT2D eigenvalue weighted by Gasteiger charge is -2.28. The Hall–Kier alpha value is -1.23. The van der Waals surface area contributed by atoms with Gasteiger partial charge in [0, 0.05) is 0 Å². The van der Waals surface area contributed by atoms with Crippen molar-refractivity contribution >= 4 is 0 Å². The third-order valence-electron chi connectivity index (χ3n) is 3.35. The van der Waals surface area contributed by atoms with Crippen LogP contribution in [0.4, 0.5) is 13.2 Å². The lowest BCUT2D eigenvalue weighted by molar-refractivity contribution is 0.116. The first kappa shape index (κ1) is 13.2. The lowest BCUT2D eigenvalue weighted by atomic mass is 9.93. The van der Waals surface area contributed by atoms with Crippen LogP contribution in [0.1, 0.15) is 19.8 Å². The van der Waals surface area contributed by atoms with Gasteiger partial charge >= 0.3 is 0 Å². The van der Waals surface area contributed by atoms with Gasteiger partial charge in [0.2, 0.25) is 5.82 Å². The molecular weight excluding hydrogens is 243 g/mol. The van der Waals surface area contributed by atoms with E-state index in [2.05, 4.69) is 5.32 Å². The van der Waals surface area contributed by atoms with Gasteiger partial charge in [-0.25, -0.2) is 8.78 Å². The summed E-state index contributed by atoms with van der Waals surface area (Å²) in [5.41, 5.74) is 0. The summed E-state index contributed by atoms with van der Waals surface area (Å²) in [5.74, 6) is -3.59. The van der Waals surface area contributed by atoms with Crippen molar-refractivity contribution in [3.05, 3.63) is 29.6 Å². The van der Waals surface area contributed by atoms with E-state index in [1.54, 1.807) is 6.92 Å². The molecule has 5 heteroatoms. The van der Waals surface area contributed by atoms with Crippen LogP contribution in [0.3, 0.4) is 0 Å². The minimum atomic E-state index is -1.25. The summed E-state index contributed by atoms with van der Waals surface area (Å²) in [6.07, 6.45) is 1.44. The average molecular weight is 259 g/mol. The van der Waals surface area contributed by atoms with E-state index < -0.39 is 23.2 Å². The number of nitrogens with one attached hydrogen (secondary N) is 1. The number of ether oxygens (including phenoxy) is 1. The van der Waals surface area contributed by atoms with Crippen molar-refractivity contribution in [3.8, 4) is 5.75 Å². The summed E-state index contributed by atoms with van der Waals surface area (Å²) in [4.78, 5) is 0. The second kappa shape index (κ2) is 5.61. The van der Waals surface area contributed by atoms with Gasteiger partial charge in [-0.05, 0) is 50.9 Å². The highest BCUT2D eigenvalue weighted by molar-refractivity contribution is 5.27. The largest absolute Gasteiger partial charge is 0.484 e. The van der Waals surface area contributed by atoms with E-state index in [1.165, 1.54) is 0 Å². The number of hydrogen-bond acceptors (Lipinski definition) is 2. The Morgan fingerprint density at radius 2 is 1.78 bits per heavy atom. The van der Waals surface area contributed by atoms with E-state index in [4.69, 9.17) is 4.74 Å². The number of hydrogen-bond donors (Lipinski definition) is 1. The molecule has 100 valence electrons. The van der Waals surface area contributed by atoms with Gasteiger partial charge in [0.25, 0.3) is 0 Å². The van der Waals surface area contributed by atoms with E-state index in [1.807, 2.05) is 0 Å². The molecule has 1 unspecified atom stereocenters. The first-order valence-electron chi connectivity index (χ1n) is 6.10. The number of benzene rings is 1. The van der Waals surface area contributed by atoms with Crippen LogP contribution in [-0.4, -0.2) is 19.2 Å². The molecule has 2 nitrogen and oxygen atoms in total. The first-order chi connectivity index (χ1) is 8.59. The van der Waals surface area contributed by atoms with Gasteiger partial charge < -0.3 is 10.1 Å². The van der Waals surface area contributed by atoms with Crippen molar-refractivity contribution in [1.29, 1.82) is 0 Å². The molecule has 18 heavy (non-hydrogen) atoms. The van der Waals surface area contributed by atoms with Crippen molar-refractivity contribution < 1.29 is 17.9 Å². The van der Waals surface area contributed by atoms with Crippen molar-refractivity contribution in [2.45, 2.75) is 25.9 Å². The van der Waals surface area contributed by atoms with Crippen LogP contribution in [0.5, 0.6) is 5.75 Å². The quantitative estimate of drug-likeness (QED) is 0.843. The van der Waals surface area contributed by atoms with Crippen LogP contribution in [0.15, 0.2) is 12.1 Å². The molecule has 1 fully saturated rings. The van der Waals surface area contributed by atoms with Crippen molar-refractivity contribution in [2.75, 3.05) is 13.1 Å². The third kappa shape index (κ3) is 2.77. The van der Waals surface area contributed by atoms with Gasteiger partial charge in [-0.2, -0.15) is 4.39 Å². The SMILES string of the molecule is CC(Oc1c(F)ccc(F)c1F)C1CCNCC1. The van der Waals surface area contributed by atoms with Gasteiger partial charge in [0.1, 0.15) is 0 Å². The van der Waals surface area contributed by atoms with Crippen molar-refractivity contribution in [2.24, 2.45) is 5.92 Å². The highest BCUT2D eigenvalue weighted by Crippen LogP contribution is 2.28. The summed E-state index contributed by atoms with van der Waals surface area (Å²) < 4.78 is 45.2. The maximum atomic E-state index is 13.4. The monoisotopic (exact) mass is 259 g/mol. The summed E-state index contributed by atoms with van der Waals surface area (Å²) >= 11 is 0. The van der Waals surface area contributed by atoms with Crippen molar-refractivity contribution in [3.63, 3.8) is 0 Å². The smallest absolute Gasteiger partial charge is 0.203 e. The Bertz CT molecular complexity index is 419. The number of rotatable bonds is 3. The summed E-state index contributed by atoms with van der Waals surface area (Å²) in [5, 5.41) is 3.20. The minimum Gasteiger partial charge on any atom is -0.484 e. The Morgan fingerprint density at radius 1 is 1.17 bits per heavy atom. The average Bonchev–Trinajstić information content (AvgIpc) is 2.40. The molecule has 1 heterocycles. The predicted molar refractivity (Wildman–Crippen MR) is 62.0 cm³/mol. The highest BCUT2D eigenvalue weighted by atomic mass is 19.2. The fraction of sp³-hybridized carbons (Fsp3) is 0.538. The zero-order valence-corrected chi connectivity index (χ0v) is 10.2. The van der Waals surface area contributed by atoms with Crippen LogP contribution >= 0.6 is 0 Å². The summed E-state index contributed by atoms with van der Waals surface area (Å²) in [6.45, 7) is 3.50. The molecule has 0 aromatic heterocycles. The zero-order chi connectivity index (χ0) is 13.1. The lowest BCUT2D eigenvalue weighted by Crippen LogP contribution is -2.35. The molecule has 1 N–H and O–H groups in total. The van der Waals surface area contributed by atoms with E-state index in [0.29, 0.717) is 0 Å². The van der Waals surface area contributed by atoms with Gasteiger partial charge in [-0.3, -0.25) is 0 Å². The van der Waals surface area contributed by atoms with Crippen LogP contribution in [0.25, 0.3) is 0 Å². The van der Waals surface area contributed by atoms with Gasteiger partial charge in [0.05, 0.1) is 6.10 Å². The Kier molecular flexibility index (Phi) is 4.11. The van der Waals surface area contributed by atoms with E-state index in [9.17, 15) is 13.2 Å². The highest BCUT2D eigenvalue weighted by Gasteiger charge is 2.24. The van der Waals surface area contributed by atoms with E-state index in [0.717, 1.165) is 38.1 Å². The molecular formula is C13H16F3NO. The fourth-order valence-corrected chi connectivity index (χ4v) is 2.21. The normalized spacial score (nSPS) is 18.7. The third-order valence-corrected chi connectivity index (χ3v) is 3.35. The second-order valence-corrected chi connectivity index (χ2v) is 4.58. The van der Waals surface area contributed by atoms with Crippen LogP contribution in [-0.2, 0) is 0 Å². The number of piperidine rings is 1. The van der Waals surface area contributed by atoms with Crippen LogP contribution in [0.2, 0.25) is 0 Å². The molecule has 0 bridgehead atoms. The van der Waals surface area contributed by atoms with E-state index in [-0.39, 0.29) is 12.0 Å². The molecule has 1 aromatic rings. The predicted octanol–water partition coefficient (Wildman–Crippen LogP) is 2.87. The molecule has 1 atom stereocenters. The molecule has 0 spiro atoms. The van der Waals surface area contributed by atoms with E-state index >= 15 is 0 Å². The number of halogens is 3. The zero-order valence-electron chi connectivity index (χ0n) is 10.2. The molecule has 2 rings (SSSR count). The molecule has 1 aliphatic heterocycles.